The second-order valence-electron chi connectivity index (χ2n) is 3.61. The lowest BCUT2D eigenvalue weighted by Gasteiger charge is -2.10. The number of hydrogen-bond donors (Lipinski definition) is 4. The van der Waals surface area contributed by atoms with Gasteiger partial charge in [-0.15, -0.1) is 0 Å². The van der Waals surface area contributed by atoms with E-state index in [2.05, 4.69) is 19.8 Å². The van der Waals surface area contributed by atoms with E-state index in [1.54, 1.807) is 13.8 Å². The van der Waals surface area contributed by atoms with Crippen LogP contribution < -0.4 is 10.5 Å². The summed E-state index contributed by atoms with van der Waals surface area (Å²) in [6.45, 7) is 3.32. The van der Waals surface area contributed by atoms with Crippen LogP contribution in [0.3, 0.4) is 0 Å². The van der Waals surface area contributed by atoms with Crippen LogP contribution in [0.15, 0.2) is 16.4 Å². The van der Waals surface area contributed by atoms with Crippen LogP contribution in [0.25, 0.3) is 0 Å². The Kier molecular flexibility index (Phi) is 4.07. The Hall–Kier alpha value is -1.61. The summed E-state index contributed by atoms with van der Waals surface area (Å²) >= 11 is 0. The molecule has 1 aromatic heterocycles. The van der Waals surface area contributed by atoms with Gasteiger partial charge in [0.15, 0.2) is 5.03 Å². The number of amidine groups is 1. The van der Waals surface area contributed by atoms with E-state index in [-0.39, 0.29) is 17.4 Å². The summed E-state index contributed by atoms with van der Waals surface area (Å²) < 4.78 is 25.8. The van der Waals surface area contributed by atoms with Gasteiger partial charge in [-0.3, -0.25) is 0 Å². The first kappa shape index (κ1) is 13.5. The van der Waals surface area contributed by atoms with Crippen LogP contribution in [-0.4, -0.2) is 36.0 Å². The van der Waals surface area contributed by atoms with Crippen molar-refractivity contribution in [2.75, 3.05) is 6.54 Å². The van der Waals surface area contributed by atoms with Gasteiger partial charge < -0.3 is 15.9 Å². The minimum absolute atomic E-state index is 0.0123. The Morgan fingerprint density at radius 2 is 2.41 bits per heavy atom. The normalized spacial score (nSPS) is 14.8. The highest BCUT2D eigenvalue weighted by Crippen LogP contribution is 2.05. The Morgan fingerprint density at radius 1 is 1.76 bits per heavy atom. The lowest BCUT2D eigenvalue weighted by atomic mass is 10.2. The maximum Gasteiger partial charge on any atom is 0.257 e. The van der Waals surface area contributed by atoms with Gasteiger partial charge in [-0.2, -0.15) is 0 Å². The number of hydrogen-bond acceptors (Lipinski definition) is 5. The summed E-state index contributed by atoms with van der Waals surface area (Å²) in [4.78, 5) is 6.41. The molecule has 1 rings (SSSR count). The second-order valence-corrected chi connectivity index (χ2v) is 5.35. The van der Waals surface area contributed by atoms with Crippen LogP contribution in [0.4, 0.5) is 0 Å². The first-order valence-corrected chi connectivity index (χ1v) is 6.34. The quantitative estimate of drug-likeness (QED) is 0.242. The van der Waals surface area contributed by atoms with Gasteiger partial charge >= 0.3 is 0 Å². The Balaban J connectivity index is 2.69. The van der Waals surface area contributed by atoms with E-state index in [0.717, 1.165) is 0 Å². The SMILES string of the molecule is Cc1ncc(S(=O)(=O)NCC(C)C(N)=NO)[nH]1. The Bertz CT molecular complexity index is 507. The van der Waals surface area contributed by atoms with Gasteiger partial charge in [0.25, 0.3) is 10.0 Å². The summed E-state index contributed by atoms with van der Waals surface area (Å²) in [6, 6.07) is 0. The third-order valence-electron chi connectivity index (χ3n) is 2.17. The number of rotatable bonds is 5. The molecule has 17 heavy (non-hydrogen) atoms. The smallest absolute Gasteiger partial charge is 0.257 e. The molecule has 0 aliphatic rings. The van der Waals surface area contributed by atoms with Crippen molar-refractivity contribution in [1.29, 1.82) is 0 Å². The number of oxime groups is 1. The molecule has 0 saturated heterocycles. The third-order valence-corrected chi connectivity index (χ3v) is 3.50. The molecule has 0 radical (unpaired) electrons. The zero-order valence-corrected chi connectivity index (χ0v) is 10.3. The van der Waals surface area contributed by atoms with Crippen LogP contribution >= 0.6 is 0 Å². The highest BCUT2D eigenvalue weighted by atomic mass is 32.2. The highest BCUT2D eigenvalue weighted by molar-refractivity contribution is 7.89. The summed E-state index contributed by atoms with van der Waals surface area (Å²) in [7, 11) is -3.64. The number of H-pyrrole nitrogens is 1. The molecule has 5 N–H and O–H groups in total. The molecule has 0 aliphatic heterocycles. The number of sulfonamides is 1. The fourth-order valence-electron chi connectivity index (χ4n) is 1.05. The number of aryl methyl sites for hydroxylation is 1. The molecule has 0 aliphatic carbocycles. The maximum atomic E-state index is 11.7. The molecule has 1 atom stereocenters. The van der Waals surface area contributed by atoms with Crippen LogP contribution in [0.2, 0.25) is 0 Å². The molecular formula is C8H15N5O3S. The van der Waals surface area contributed by atoms with E-state index >= 15 is 0 Å². The molecular weight excluding hydrogens is 246 g/mol. The number of nitrogens with zero attached hydrogens (tertiary/aromatic N) is 2. The Labute approximate surface area is 99.0 Å². The zero-order valence-electron chi connectivity index (χ0n) is 9.51. The van der Waals surface area contributed by atoms with E-state index < -0.39 is 15.9 Å². The van der Waals surface area contributed by atoms with Crippen molar-refractivity contribution in [2.45, 2.75) is 18.9 Å². The van der Waals surface area contributed by atoms with Crippen molar-refractivity contribution in [2.24, 2.45) is 16.8 Å². The van der Waals surface area contributed by atoms with Crippen LogP contribution in [0, 0.1) is 12.8 Å². The van der Waals surface area contributed by atoms with Crippen LogP contribution in [-0.2, 0) is 10.0 Å². The van der Waals surface area contributed by atoms with E-state index in [4.69, 9.17) is 10.9 Å². The number of aromatic nitrogens is 2. The zero-order chi connectivity index (χ0) is 13.1. The summed E-state index contributed by atoms with van der Waals surface area (Å²) in [5, 5.41) is 11.2. The second kappa shape index (κ2) is 5.15. The van der Waals surface area contributed by atoms with Crippen molar-refractivity contribution in [1.82, 2.24) is 14.7 Å². The summed E-state index contributed by atoms with van der Waals surface area (Å²) in [5.41, 5.74) is 5.33. The summed E-state index contributed by atoms with van der Waals surface area (Å²) in [6.07, 6.45) is 1.23. The number of nitrogens with one attached hydrogen (secondary N) is 2. The first-order valence-electron chi connectivity index (χ1n) is 4.85. The van der Waals surface area contributed by atoms with Crippen molar-refractivity contribution in [3.8, 4) is 0 Å². The predicted molar refractivity (Wildman–Crippen MR) is 61.1 cm³/mol. The standard InChI is InChI=1S/C8H15N5O3S/c1-5(8(9)13-14)3-11-17(15,16)7-4-10-6(2)12-7/h4-5,11,14H,3H2,1-2H3,(H2,9,13)(H,10,12). The number of imidazole rings is 1. The van der Waals surface area contributed by atoms with Crippen molar-refractivity contribution < 1.29 is 13.6 Å². The van der Waals surface area contributed by atoms with Crippen LogP contribution in [0.1, 0.15) is 12.7 Å². The minimum atomic E-state index is -3.64. The highest BCUT2D eigenvalue weighted by Gasteiger charge is 2.18. The number of nitrogens with two attached hydrogens (primary N) is 1. The monoisotopic (exact) mass is 261 g/mol. The molecule has 0 bridgehead atoms. The lowest BCUT2D eigenvalue weighted by Crippen LogP contribution is -2.34. The molecule has 96 valence electrons. The molecule has 0 fully saturated rings. The third kappa shape index (κ3) is 3.43. The average molecular weight is 261 g/mol. The van der Waals surface area contributed by atoms with Crippen molar-refractivity contribution >= 4 is 15.9 Å². The van der Waals surface area contributed by atoms with E-state index in [9.17, 15) is 8.42 Å². The molecule has 9 heteroatoms. The van der Waals surface area contributed by atoms with Gasteiger partial charge in [0.2, 0.25) is 0 Å². The van der Waals surface area contributed by atoms with Gasteiger partial charge in [-0.1, -0.05) is 12.1 Å². The van der Waals surface area contributed by atoms with E-state index in [1.807, 2.05) is 0 Å². The first-order chi connectivity index (χ1) is 7.86. The minimum Gasteiger partial charge on any atom is -0.409 e. The molecule has 8 nitrogen and oxygen atoms in total. The topological polar surface area (TPSA) is 133 Å². The molecule has 0 saturated carbocycles. The van der Waals surface area contributed by atoms with Crippen molar-refractivity contribution in [3.05, 3.63) is 12.0 Å². The molecule has 1 unspecified atom stereocenters. The maximum absolute atomic E-state index is 11.7. The fraction of sp³-hybridized carbons (Fsp3) is 0.500. The largest absolute Gasteiger partial charge is 0.409 e. The summed E-state index contributed by atoms with van der Waals surface area (Å²) in [5.74, 6) is 0.0714. The molecule has 1 aromatic rings. The van der Waals surface area contributed by atoms with Crippen molar-refractivity contribution in [3.63, 3.8) is 0 Å². The molecule has 1 heterocycles. The van der Waals surface area contributed by atoms with E-state index in [0.29, 0.717) is 5.82 Å². The van der Waals surface area contributed by atoms with Gasteiger partial charge in [0.1, 0.15) is 11.7 Å². The predicted octanol–water partition coefficient (Wildman–Crippen LogP) is -0.621. The lowest BCUT2D eigenvalue weighted by molar-refractivity contribution is 0.314. The number of aromatic amines is 1. The average Bonchev–Trinajstić information content (AvgIpc) is 2.72. The fourth-order valence-corrected chi connectivity index (χ4v) is 2.15. The molecule has 0 aromatic carbocycles. The molecule has 0 amide bonds. The van der Waals surface area contributed by atoms with Gasteiger partial charge in [0, 0.05) is 12.5 Å². The van der Waals surface area contributed by atoms with E-state index in [1.165, 1.54) is 6.20 Å². The van der Waals surface area contributed by atoms with Gasteiger partial charge in [-0.25, -0.2) is 18.1 Å². The van der Waals surface area contributed by atoms with Crippen LogP contribution in [0.5, 0.6) is 0 Å². The molecule has 0 spiro atoms. The van der Waals surface area contributed by atoms with Gasteiger partial charge in [0.05, 0.1) is 6.20 Å². The van der Waals surface area contributed by atoms with Gasteiger partial charge in [-0.05, 0) is 6.92 Å². The Morgan fingerprint density at radius 3 is 2.88 bits per heavy atom.